The van der Waals surface area contributed by atoms with Gasteiger partial charge in [0, 0.05) is 24.0 Å². The largest absolute Gasteiger partial charge is 0.454 e. The number of primary amides is 1. The molecule has 9 heteroatoms. The number of carbonyl (C=O) groups excluding carboxylic acids is 2. The minimum absolute atomic E-state index is 0.00861. The fraction of sp³-hybridized carbons (Fsp3) is 0.174. The predicted molar refractivity (Wildman–Crippen MR) is 114 cm³/mol. The number of halogens is 2. The normalized spacial score (nSPS) is 13.9. The van der Waals surface area contributed by atoms with Crippen molar-refractivity contribution in [2.45, 2.75) is 19.4 Å². The van der Waals surface area contributed by atoms with Crippen LogP contribution in [0.2, 0.25) is 0 Å². The van der Waals surface area contributed by atoms with Crippen LogP contribution in [0.25, 0.3) is 0 Å². The topological polar surface area (TPSA) is 112 Å². The molecule has 32 heavy (non-hydrogen) atoms. The van der Waals surface area contributed by atoms with Gasteiger partial charge in [0.15, 0.2) is 11.6 Å². The fourth-order valence-corrected chi connectivity index (χ4v) is 3.36. The van der Waals surface area contributed by atoms with Gasteiger partial charge in [0.1, 0.15) is 22.8 Å². The van der Waals surface area contributed by atoms with Gasteiger partial charge >= 0.3 is 0 Å². The van der Waals surface area contributed by atoms with Gasteiger partial charge in [-0.05, 0) is 48.7 Å². The molecule has 4 N–H and O–H groups in total. The molecule has 1 aliphatic rings. The number of hydrogen-bond donors (Lipinski definition) is 2. The Morgan fingerprint density at radius 2 is 1.78 bits per heavy atom. The Balaban J connectivity index is 1.65. The summed E-state index contributed by atoms with van der Waals surface area (Å²) >= 11 is 0. The Hall–Kier alpha value is -4.01. The molecule has 0 bridgehead atoms. The molecule has 0 saturated heterocycles. The van der Waals surface area contributed by atoms with Crippen LogP contribution < -0.4 is 21.1 Å². The molecule has 164 valence electrons. The Kier molecular flexibility index (Phi) is 5.48. The molecule has 0 aliphatic heterocycles. The van der Waals surface area contributed by atoms with Gasteiger partial charge in [-0.1, -0.05) is 12.1 Å². The Morgan fingerprint density at radius 3 is 2.38 bits per heavy atom. The minimum atomic E-state index is -1.31. The predicted octanol–water partition coefficient (Wildman–Crippen LogP) is 3.53. The van der Waals surface area contributed by atoms with Gasteiger partial charge in [0.05, 0.1) is 6.54 Å². The van der Waals surface area contributed by atoms with Crippen LogP contribution in [0.15, 0.2) is 60.8 Å². The van der Waals surface area contributed by atoms with Crippen molar-refractivity contribution < 1.29 is 23.1 Å². The quantitative estimate of drug-likeness (QED) is 0.548. The summed E-state index contributed by atoms with van der Waals surface area (Å²) in [4.78, 5) is 30.3. The summed E-state index contributed by atoms with van der Waals surface area (Å²) in [5.74, 6) is -1.95. The maximum atomic E-state index is 14.9. The van der Waals surface area contributed by atoms with Crippen LogP contribution in [0.5, 0.6) is 11.5 Å². The highest BCUT2D eigenvalue weighted by molar-refractivity contribution is 6.13. The van der Waals surface area contributed by atoms with Crippen LogP contribution in [0.4, 0.5) is 20.3 Å². The number of aromatic nitrogens is 1. The van der Waals surface area contributed by atoms with Gasteiger partial charge in [0.2, 0.25) is 11.8 Å². The van der Waals surface area contributed by atoms with E-state index in [1.807, 2.05) is 0 Å². The first kappa shape index (κ1) is 21.2. The Labute approximate surface area is 182 Å². The van der Waals surface area contributed by atoms with Crippen LogP contribution in [0, 0.1) is 17.0 Å². The first-order chi connectivity index (χ1) is 15.3. The highest BCUT2D eigenvalue weighted by Gasteiger charge is 2.57. The monoisotopic (exact) mass is 438 g/mol. The lowest BCUT2D eigenvalue weighted by Crippen LogP contribution is -2.43. The van der Waals surface area contributed by atoms with E-state index in [4.69, 9.17) is 16.2 Å². The summed E-state index contributed by atoms with van der Waals surface area (Å²) in [5, 5.41) is 0. The van der Waals surface area contributed by atoms with Crippen LogP contribution in [-0.2, 0) is 16.1 Å². The summed E-state index contributed by atoms with van der Waals surface area (Å²) in [6, 6.07) is 12.5. The molecule has 4 rings (SSSR count). The van der Waals surface area contributed by atoms with Crippen molar-refractivity contribution >= 4 is 23.3 Å². The van der Waals surface area contributed by atoms with Gasteiger partial charge in [-0.2, -0.15) is 0 Å². The summed E-state index contributed by atoms with van der Waals surface area (Å²) in [7, 11) is 0. The third-order valence-corrected chi connectivity index (χ3v) is 5.34. The second-order valence-corrected chi connectivity index (χ2v) is 7.60. The van der Waals surface area contributed by atoms with Crippen molar-refractivity contribution in [3.8, 4) is 11.5 Å². The molecule has 1 heterocycles. The van der Waals surface area contributed by atoms with E-state index in [0.717, 1.165) is 6.07 Å². The number of nitrogen functional groups attached to an aromatic ring is 1. The molecule has 1 aliphatic carbocycles. The van der Waals surface area contributed by atoms with E-state index in [1.165, 1.54) is 59.6 Å². The van der Waals surface area contributed by atoms with Crippen molar-refractivity contribution in [3.05, 3.63) is 78.0 Å². The van der Waals surface area contributed by atoms with Crippen molar-refractivity contribution in [2.75, 3.05) is 10.6 Å². The van der Waals surface area contributed by atoms with E-state index in [2.05, 4.69) is 4.98 Å². The van der Waals surface area contributed by atoms with Crippen molar-refractivity contribution in [1.29, 1.82) is 0 Å². The zero-order valence-corrected chi connectivity index (χ0v) is 16.9. The molecule has 1 saturated carbocycles. The number of hydrogen-bond acceptors (Lipinski definition) is 5. The number of rotatable bonds is 7. The first-order valence-corrected chi connectivity index (χ1v) is 9.84. The second kappa shape index (κ2) is 8.26. The van der Waals surface area contributed by atoms with Gasteiger partial charge in [-0.15, -0.1) is 0 Å². The SMILES string of the molecule is NC(=O)C1(C(=O)N(Cc2ccc(F)cc2)c2ccc(Oc3ccnc(N)c3)c(F)c2)CC1. The van der Waals surface area contributed by atoms with E-state index in [0.29, 0.717) is 24.2 Å². The lowest BCUT2D eigenvalue weighted by Gasteiger charge is -2.27. The summed E-state index contributed by atoms with van der Waals surface area (Å²) in [5.41, 5.74) is 10.6. The maximum Gasteiger partial charge on any atom is 0.242 e. The van der Waals surface area contributed by atoms with Crippen molar-refractivity contribution in [3.63, 3.8) is 0 Å². The van der Waals surface area contributed by atoms with Crippen LogP contribution in [0.3, 0.4) is 0 Å². The van der Waals surface area contributed by atoms with E-state index in [1.54, 1.807) is 0 Å². The fourth-order valence-electron chi connectivity index (χ4n) is 3.36. The average Bonchev–Trinajstić information content (AvgIpc) is 3.57. The molecule has 1 fully saturated rings. The zero-order chi connectivity index (χ0) is 22.9. The first-order valence-electron chi connectivity index (χ1n) is 9.84. The molecular formula is C23H20F2N4O3. The third-order valence-electron chi connectivity index (χ3n) is 5.34. The molecular weight excluding hydrogens is 418 g/mol. The highest BCUT2D eigenvalue weighted by atomic mass is 19.1. The summed E-state index contributed by atoms with van der Waals surface area (Å²) < 4.78 is 33.7. The number of anilines is 2. The molecule has 0 unspecified atom stereocenters. The van der Waals surface area contributed by atoms with E-state index < -0.39 is 28.9 Å². The van der Waals surface area contributed by atoms with Crippen LogP contribution in [0.1, 0.15) is 18.4 Å². The van der Waals surface area contributed by atoms with Crippen LogP contribution in [-0.4, -0.2) is 16.8 Å². The van der Waals surface area contributed by atoms with Gasteiger partial charge in [-0.25, -0.2) is 13.8 Å². The smallest absolute Gasteiger partial charge is 0.242 e. The summed E-state index contributed by atoms with van der Waals surface area (Å²) in [6.45, 7) is 0.00861. The van der Waals surface area contributed by atoms with E-state index >= 15 is 0 Å². The number of amides is 2. The Bertz CT molecular complexity index is 1180. The second-order valence-electron chi connectivity index (χ2n) is 7.60. The number of carbonyl (C=O) groups is 2. The number of ether oxygens (including phenoxy) is 1. The minimum Gasteiger partial charge on any atom is -0.454 e. The highest BCUT2D eigenvalue weighted by Crippen LogP contribution is 2.48. The van der Waals surface area contributed by atoms with Crippen molar-refractivity contribution in [2.24, 2.45) is 11.1 Å². The molecule has 0 spiro atoms. The van der Waals surface area contributed by atoms with Gasteiger partial charge in [-0.3, -0.25) is 9.59 Å². The number of pyridine rings is 1. The maximum absolute atomic E-state index is 14.9. The summed E-state index contributed by atoms with van der Waals surface area (Å²) in [6.07, 6.45) is 2.08. The lowest BCUT2D eigenvalue weighted by atomic mass is 10.0. The molecule has 3 aromatic rings. The average molecular weight is 438 g/mol. The van der Waals surface area contributed by atoms with Crippen molar-refractivity contribution in [1.82, 2.24) is 4.98 Å². The molecule has 2 aromatic carbocycles. The zero-order valence-electron chi connectivity index (χ0n) is 16.9. The number of nitrogens with zero attached hydrogens (tertiary/aromatic N) is 2. The molecule has 1 aromatic heterocycles. The number of nitrogens with two attached hydrogens (primary N) is 2. The van der Waals surface area contributed by atoms with Gasteiger partial charge in [0.25, 0.3) is 0 Å². The van der Waals surface area contributed by atoms with Gasteiger partial charge < -0.3 is 21.1 Å². The van der Waals surface area contributed by atoms with E-state index in [9.17, 15) is 18.4 Å². The standard InChI is InChI=1S/C23H20F2N4O3/c24-15-3-1-14(2-4-15)13-29(22(31)23(8-9-23)21(27)30)16-5-6-19(18(25)11-16)32-17-7-10-28-20(26)12-17/h1-7,10-12H,8-9,13H2,(H2,26,28)(H2,27,30). The Morgan fingerprint density at radius 1 is 1.06 bits per heavy atom. The number of benzene rings is 2. The molecule has 0 atom stereocenters. The van der Waals surface area contributed by atoms with Crippen LogP contribution >= 0.6 is 0 Å². The molecule has 2 amide bonds. The molecule has 0 radical (unpaired) electrons. The lowest BCUT2D eigenvalue weighted by molar-refractivity contribution is -0.133. The third kappa shape index (κ3) is 4.22. The molecule has 7 nitrogen and oxygen atoms in total. The van der Waals surface area contributed by atoms with E-state index in [-0.39, 0.29) is 23.8 Å².